The lowest BCUT2D eigenvalue weighted by Crippen LogP contribution is -2.82. The maximum atomic E-state index is 8.58. The summed E-state index contributed by atoms with van der Waals surface area (Å²) in [4.78, 5) is 34.3. The molecule has 0 fully saturated rings. The molecule has 0 heterocycles. The Balaban J connectivity index is -0.0000000676. The van der Waals surface area contributed by atoms with E-state index >= 15 is 0 Å². The highest BCUT2D eigenvalue weighted by Gasteiger charge is 2.07. The zero-order chi connectivity index (χ0) is 34.1. The Morgan fingerprint density at radius 3 is 0.341 bits per heavy atom. The van der Waals surface area contributed by atoms with Crippen molar-refractivity contribution in [3.8, 4) is 0 Å². The summed E-state index contributed by atoms with van der Waals surface area (Å²) in [5.41, 5.74) is 0. The van der Waals surface area contributed by atoms with Crippen LogP contribution in [0, 0.1) is 0 Å². The lowest BCUT2D eigenvalue weighted by molar-refractivity contribution is -0.886. The van der Waals surface area contributed by atoms with Crippen molar-refractivity contribution in [2.24, 2.45) is 0 Å². The van der Waals surface area contributed by atoms with Gasteiger partial charge in [0.1, 0.15) is 0 Å². The molecule has 0 saturated carbocycles. The van der Waals surface area contributed by atoms with Gasteiger partial charge in [-0.25, -0.2) is 0 Å². The van der Waals surface area contributed by atoms with E-state index in [1.54, 1.807) is 0 Å². The molecule has 0 aliphatic carbocycles. The molecule has 0 bridgehead atoms. The average molecular weight is 620 g/mol. The maximum absolute atomic E-state index is 8.58. The molecule has 0 atom stereocenters. The molecule has 0 aliphatic heterocycles. The fourth-order valence-electron chi connectivity index (χ4n) is 1.12. The van der Waals surface area contributed by atoms with Gasteiger partial charge in [0.15, 0.2) is 0 Å². The standard InChI is InChI=1S/5C6H16N.O4Si.H2O/c5*1-5-7(3,4)6-2;1-5(2,3)4;/h5*5-6H2,1-4H3;;1H2/q5*+1;-4;/p-1. The lowest BCUT2D eigenvalue weighted by atomic mass is 10.5. The fraction of sp³-hybridized carbons (Fsp3) is 1.00. The second-order valence-corrected chi connectivity index (χ2v) is 14.3. The fourth-order valence-corrected chi connectivity index (χ4v) is 1.12. The van der Waals surface area contributed by atoms with Crippen LogP contribution in [-0.4, -0.2) is 173 Å². The highest BCUT2D eigenvalue weighted by Crippen LogP contribution is 1.93. The Hall–Kier alpha value is -0.183. The van der Waals surface area contributed by atoms with Crippen molar-refractivity contribution < 1.29 is 47.1 Å². The Kier molecular flexibility index (Phi) is 39.4. The van der Waals surface area contributed by atoms with Gasteiger partial charge in [0.05, 0.1) is 136 Å². The SMILES string of the molecule is CC[N+](C)(C)CC.CC[N+](C)(C)CC.CC[N+](C)(C)CC.CC[N+](C)(C)CC.CC[N+](C)(C)CC.[O-][Si]([O-])([O-])[O-].[OH-]. The van der Waals surface area contributed by atoms with Crippen LogP contribution in [0.1, 0.15) is 69.2 Å². The molecule has 0 amide bonds. The van der Waals surface area contributed by atoms with Gasteiger partial charge < -0.3 is 56.1 Å². The summed E-state index contributed by atoms with van der Waals surface area (Å²) in [7, 11) is 16.8. The number of quaternary nitrogens is 5. The summed E-state index contributed by atoms with van der Waals surface area (Å²) in [6.07, 6.45) is 0. The zero-order valence-corrected chi connectivity index (χ0v) is 32.9. The van der Waals surface area contributed by atoms with Gasteiger partial charge in [-0.15, -0.1) is 0 Å². The zero-order valence-electron chi connectivity index (χ0n) is 31.9. The van der Waals surface area contributed by atoms with Crippen LogP contribution < -0.4 is 19.2 Å². The van der Waals surface area contributed by atoms with Gasteiger partial charge in [-0.1, -0.05) is 0 Å². The first-order valence-electron chi connectivity index (χ1n) is 15.5. The number of hydrogen-bond acceptors (Lipinski definition) is 5. The van der Waals surface area contributed by atoms with E-state index in [1.807, 2.05) is 0 Å². The molecule has 41 heavy (non-hydrogen) atoms. The molecule has 0 saturated heterocycles. The van der Waals surface area contributed by atoms with E-state index in [2.05, 4.69) is 140 Å². The highest BCUT2D eigenvalue weighted by molar-refractivity contribution is 6.38. The predicted molar refractivity (Wildman–Crippen MR) is 174 cm³/mol. The average Bonchev–Trinajstić information content (AvgIpc) is 2.89. The molecule has 0 aromatic heterocycles. The first-order chi connectivity index (χ1) is 17.6. The molecule has 1 N–H and O–H groups in total. The summed E-state index contributed by atoms with van der Waals surface area (Å²) in [5, 5.41) is 0. The Labute approximate surface area is 261 Å². The van der Waals surface area contributed by atoms with Crippen LogP contribution in [0.25, 0.3) is 0 Å². The normalized spacial score (nSPS) is 11.7. The topological polar surface area (TPSA) is 122 Å². The van der Waals surface area contributed by atoms with E-state index in [9.17, 15) is 0 Å². The van der Waals surface area contributed by atoms with E-state index in [4.69, 9.17) is 19.2 Å². The van der Waals surface area contributed by atoms with E-state index in [-0.39, 0.29) is 5.48 Å². The molecule has 0 aromatic carbocycles. The minimum absolute atomic E-state index is 0. The van der Waals surface area contributed by atoms with Crippen molar-refractivity contribution in [2.45, 2.75) is 69.2 Å². The molecule has 0 spiro atoms. The summed E-state index contributed by atoms with van der Waals surface area (Å²) in [6.45, 7) is 34.4. The Bertz CT molecular complexity index is 399. The summed E-state index contributed by atoms with van der Waals surface area (Å²) in [6, 6.07) is 0. The van der Waals surface area contributed by atoms with Gasteiger partial charge in [-0.05, 0) is 69.2 Å². The van der Waals surface area contributed by atoms with Crippen molar-refractivity contribution in [3.63, 3.8) is 0 Å². The van der Waals surface area contributed by atoms with Crippen molar-refractivity contribution in [1.82, 2.24) is 0 Å². The minimum Gasteiger partial charge on any atom is -0.894 e. The molecule has 0 rings (SSSR count). The van der Waals surface area contributed by atoms with Crippen molar-refractivity contribution in [1.29, 1.82) is 0 Å². The molecule has 10 nitrogen and oxygen atoms in total. The van der Waals surface area contributed by atoms with Crippen LogP contribution in [0.4, 0.5) is 0 Å². The third-order valence-corrected chi connectivity index (χ3v) is 8.56. The van der Waals surface area contributed by atoms with Gasteiger partial charge in [-0.3, -0.25) is 0 Å². The van der Waals surface area contributed by atoms with E-state index in [1.165, 1.54) is 65.4 Å². The molecular weight excluding hydrogens is 538 g/mol. The van der Waals surface area contributed by atoms with Crippen molar-refractivity contribution in [2.75, 3.05) is 136 Å². The van der Waals surface area contributed by atoms with Crippen LogP contribution in [0.2, 0.25) is 0 Å². The predicted octanol–water partition coefficient (Wildman–Crippen LogP) is 0.199. The number of hydrogen-bond donors (Lipinski definition) is 0. The van der Waals surface area contributed by atoms with E-state index in [0.29, 0.717) is 0 Å². The molecule has 0 aromatic rings. The largest absolute Gasteiger partial charge is 0.894 e. The van der Waals surface area contributed by atoms with Gasteiger partial charge >= 0.3 is 0 Å². The van der Waals surface area contributed by atoms with Crippen molar-refractivity contribution in [3.05, 3.63) is 0 Å². The van der Waals surface area contributed by atoms with Crippen LogP contribution in [-0.2, 0) is 0 Å². The smallest absolute Gasteiger partial charge is 0.0753 e. The lowest BCUT2D eigenvalue weighted by Gasteiger charge is -2.67. The first-order valence-corrected chi connectivity index (χ1v) is 17.2. The summed E-state index contributed by atoms with van der Waals surface area (Å²) >= 11 is 0. The molecule has 0 radical (unpaired) electrons. The van der Waals surface area contributed by atoms with Crippen molar-refractivity contribution >= 4 is 9.05 Å². The third kappa shape index (κ3) is 64.0. The number of nitrogens with zero attached hydrogens (tertiary/aromatic N) is 5. The van der Waals surface area contributed by atoms with E-state index < -0.39 is 9.05 Å². The maximum Gasteiger partial charge on any atom is 0.0753 e. The second kappa shape index (κ2) is 28.6. The van der Waals surface area contributed by atoms with Gasteiger partial charge in [0.2, 0.25) is 0 Å². The van der Waals surface area contributed by atoms with Gasteiger partial charge in [-0.2, -0.15) is 0 Å². The molecule has 0 unspecified atom stereocenters. The van der Waals surface area contributed by atoms with Crippen LogP contribution in [0.3, 0.4) is 0 Å². The quantitative estimate of drug-likeness (QED) is 0.255. The van der Waals surface area contributed by atoms with E-state index in [0.717, 1.165) is 22.4 Å². The first kappa shape index (κ1) is 56.6. The summed E-state index contributed by atoms with van der Waals surface area (Å²) in [5.74, 6) is 0. The number of rotatable bonds is 10. The second-order valence-electron chi connectivity index (χ2n) is 13.3. The third-order valence-electron chi connectivity index (χ3n) is 8.56. The summed E-state index contributed by atoms with van der Waals surface area (Å²) < 4.78 is 5.69. The Morgan fingerprint density at radius 1 is 0.293 bits per heavy atom. The Morgan fingerprint density at radius 2 is 0.341 bits per heavy atom. The molecule has 11 heteroatoms. The van der Waals surface area contributed by atoms with Crippen LogP contribution in [0.5, 0.6) is 0 Å². The highest BCUT2D eigenvalue weighted by atomic mass is 28.4. The molecule has 0 aliphatic rings. The molecular formula is C30H81N5O5Si. The van der Waals surface area contributed by atoms with Crippen LogP contribution in [0.15, 0.2) is 0 Å². The van der Waals surface area contributed by atoms with Crippen LogP contribution >= 0.6 is 0 Å². The molecule has 260 valence electrons. The monoisotopic (exact) mass is 620 g/mol. The van der Waals surface area contributed by atoms with Gasteiger partial charge in [0, 0.05) is 0 Å². The minimum atomic E-state index is -5.61. The van der Waals surface area contributed by atoms with Gasteiger partial charge in [0.25, 0.3) is 0 Å².